The van der Waals surface area contributed by atoms with Crippen LogP contribution in [-0.4, -0.2) is 46.4 Å². The van der Waals surface area contributed by atoms with Gasteiger partial charge >= 0.3 is 6.03 Å². The lowest BCUT2D eigenvalue weighted by Crippen LogP contribution is -2.29. The molecule has 0 aliphatic carbocycles. The van der Waals surface area contributed by atoms with Gasteiger partial charge in [-0.2, -0.15) is 0 Å². The molecule has 1 fully saturated rings. The lowest BCUT2D eigenvalue weighted by Gasteiger charge is -2.25. The number of nitrogens with one attached hydrogen (secondary N) is 2. The second kappa shape index (κ2) is 8.74. The minimum Gasteiger partial charge on any atom is -0.336 e. The summed E-state index contributed by atoms with van der Waals surface area (Å²) in [5, 5.41) is 8.78. The number of thiazole rings is 2. The minimum atomic E-state index is -0.144. The molecule has 0 bridgehead atoms. The normalized spacial score (nSPS) is 16.3. The maximum absolute atomic E-state index is 12.5. The van der Waals surface area contributed by atoms with Gasteiger partial charge in [0.1, 0.15) is 0 Å². The first kappa shape index (κ1) is 20.1. The molecule has 0 unspecified atom stereocenters. The van der Waals surface area contributed by atoms with Crippen LogP contribution in [-0.2, 0) is 30.7 Å². The number of fused-ring (bicyclic) bond motifs is 1. The van der Waals surface area contributed by atoms with Crippen LogP contribution in [0.1, 0.15) is 21.8 Å². The Morgan fingerprint density at radius 3 is 2.87 bits per heavy atom. The average Bonchev–Trinajstić information content (AvgIpc) is 3.48. The first-order valence-corrected chi connectivity index (χ1v) is 11.9. The van der Waals surface area contributed by atoms with Crippen molar-refractivity contribution >= 4 is 44.9 Å². The van der Waals surface area contributed by atoms with Crippen molar-refractivity contribution in [2.24, 2.45) is 0 Å². The van der Waals surface area contributed by atoms with Gasteiger partial charge in [0.2, 0.25) is 5.91 Å². The Bertz CT molecular complexity index is 1100. The predicted molar refractivity (Wildman–Crippen MR) is 122 cm³/mol. The summed E-state index contributed by atoms with van der Waals surface area (Å²) in [7, 11) is 0. The summed E-state index contributed by atoms with van der Waals surface area (Å²) in [6.07, 6.45) is 1.05. The number of carbonyl (C=O) groups is 2. The summed E-state index contributed by atoms with van der Waals surface area (Å²) >= 11 is 2.93. The van der Waals surface area contributed by atoms with Crippen LogP contribution >= 0.6 is 22.7 Å². The molecule has 0 atom stereocenters. The van der Waals surface area contributed by atoms with Gasteiger partial charge in [-0.3, -0.25) is 14.6 Å². The molecule has 1 aromatic carbocycles. The number of nitrogens with zero attached hydrogens (tertiary/aromatic N) is 4. The number of carbonyl (C=O) groups excluding carboxylic acids is 2. The summed E-state index contributed by atoms with van der Waals surface area (Å²) in [5.74, 6) is -0.144. The summed E-state index contributed by atoms with van der Waals surface area (Å²) in [4.78, 5) is 38.6. The van der Waals surface area contributed by atoms with Crippen molar-refractivity contribution in [2.45, 2.75) is 25.9 Å². The molecule has 0 spiro atoms. The Morgan fingerprint density at radius 1 is 1.19 bits per heavy atom. The molecular formula is C21H22N6O2S2. The lowest BCUT2D eigenvalue weighted by atomic mass is 10.1. The van der Waals surface area contributed by atoms with Gasteiger partial charge in [0.15, 0.2) is 10.3 Å². The van der Waals surface area contributed by atoms with E-state index in [4.69, 9.17) is 0 Å². The molecule has 2 aromatic heterocycles. The van der Waals surface area contributed by atoms with Gasteiger partial charge in [0.25, 0.3) is 0 Å². The monoisotopic (exact) mass is 454 g/mol. The lowest BCUT2D eigenvalue weighted by molar-refractivity contribution is -0.115. The molecule has 1 saturated heterocycles. The van der Waals surface area contributed by atoms with Gasteiger partial charge < -0.3 is 10.6 Å². The largest absolute Gasteiger partial charge is 0.336 e. The highest BCUT2D eigenvalue weighted by molar-refractivity contribution is 7.16. The van der Waals surface area contributed by atoms with Gasteiger partial charge in [-0.25, -0.2) is 14.8 Å². The smallest absolute Gasteiger partial charge is 0.323 e. The number of aromatic nitrogens is 2. The van der Waals surface area contributed by atoms with Gasteiger partial charge in [-0.15, -0.1) is 22.7 Å². The van der Waals surface area contributed by atoms with Gasteiger partial charge in [0, 0.05) is 49.4 Å². The molecule has 3 amide bonds. The molecular weight excluding hydrogens is 432 g/mol. The van der Waals surface area contributed by atoms with E-state index in [-0.39, 0.29) is 18.4 Å². The molecule has 5 rings (SSSR count). The van der Waals surface area contributed by atoms with Gasteiger partial charge in [-0.1, -0.05) is 30.3 Å². The molecule has 2 aliphatic heterocycles. The molecule has 8 nitrogen and oxygen atoms in total. The average molecular weight is 455 g/mol. The number of anilines is 2. The Hall–Kier alpha value is -2.82. The number of hydrogen-bond donors (Lipinski definition) is 2. The summed E-state index contributed by atoms with van der Waals surface area (Å²) in [6.45, 7) is 3.95. The third kappa shape index (κ3) is 4.60. The maximum atomic E-state index is 12.5. The third-order valence-electron chi connectivity index (χ3n) is 5.27. The number of hydrogen-bond acceptors (Lipinski definition) is 7. The van der Waals surface area contributed by atoms with E-state index in [0.717, 1.165) is 31.7 Å². The SMILES string of the molecule is O=C(Cc1csc(N2CCNC2=O)n1)Nc1nc2c(s1)CN(Cc1ccccc1)CC2. The van der Waals surface area contributed by atoms with Crippen molar-refractivity contribution in [3.05, 3.63) is 57.5 Å². The molecule has 3 aromatic rings. The van der Waals surface area contributed by atoms with E-state index in [2.05, 4.69) is 49.8 Å². The van der Waals surface area contributed by atoms with E-state index in [0.29, 0.717) is 29.0 Å². The fourth-order valence-electron chi connectivity index (χ4n) is 3.76. The topological polar surface area (TPSA) is 90.5 Å². The molecule has 160 valence electrons. The third-order valence-corrected chi connectivity index (χ3v) is 7.18. The Kier molecular flexibility index (Phi) is 5.66. The zero-order chi connectivity index (χ0) is 21.2. The molecule has 0 radical (unpaired) electrons. The van der Waals surface area contributed by atoms with Crippen LogP contribution < -0.4 is 15.5 Å². The van der Waals surface area contributed by atoms with Crippen LogP contribution in [0.5, 0.6) is 0 Å². The molecule has 31 heavy (non-hydrogen) atoms. The summed E-state index contributed by atoms with van der Waals surface area (Å²) in [5.41, 5.74) is 3.05. The van der Waals surface area contributed by atoms with Crippen LogP contribution in [0.3, 0.4) is 0 Å². The van der Waals surface area contributed by atoms with Crippen molar-refractivity contribution in [1.82, 2.24) is 20.2 Å². The number of urea groups is 1. The van der Waals surface area contributed by atoms with E-state index < -0.39 is 0 Å². The van der Waals surface area contributed by atoms with Crippen molar-refractivity contribution in [2.75, 3.05) is 29.9 Å². The fraction of sp³-hybridized carbons (Fsp3) is 0.333. The first-order valence-electron chi connectivity index (χ1n) is 10.2. The molecule has 4 heterocycles. The van der Waals surface area contributed by atoms with Crippen LogP contribution in [0.25, 0.3) is 0 Å². The second-order valence-electron chi connectivity index (χ2n) is 7.57. The first-order chi connectivity index (χ1) is 15.1. The Labute approximate surface area is 187 Å². The van der Waals surface area contributed by atoms with Gasteiger partial charge in [0.05, 0.1) is 17.8 Å². The van der Waals surface area contributed by atoms with Crippen molar-refractivity contribution in [3.8, 4) is 0 Å². The number of benzene rings is 1. The summed E-state index contributed by atoms with van der Waals surface area (Å²) in [6, 6.07) is 10.3. The van der Waals surface area contributed by atoms with E-state index in [9.17, 15) is 9.59 Å². The highest BCUT2D eigenvalue weighted by Crippen LogP contribution is 2.29. The number of amides is 3. The van der Waals surface area contributed by atoms with Crippen molar-refractivity contribution in [1.29, 1.82) is 0 Å². The second-order valence-corrected chi connectivity index (χ2v) is 9.49. The standard InChI is InChI=1S/C21H22N6O2S2/c28-18(10-15-13-30-21(23-15)27-9-7-22-20(27)29)25-19-24-16-6-8-26(12-17(16)31-19)11-14-4-2-1-3-5-14/h1-5,13H,6-12H2,(H,22,29)(H,24,25,28). The van der Waals surface area contributed by atoms with Crippen LogP contribution in [0, 0.1) is 0 Å². The van der Waals surface area contributed by atoms with E-state index >= 15 is 0 Å². The molecule has 10 heteroatoms. The predicted octanol–water partition coefficient (Wildman–Crippen LogP) is 2.87. The van der Waals surface area contributed by atoms with E-state index in [1.54, 1.807) is 16.2 Å². The minimum absolute atomic E-state index is 0.139. The van der Waals surface area contributed by atoms with E-state index in [1.165, 1.54) is 21.8 Å². The van der Waals surface area contributed by atoms with Crippen molar-refractivity contribution < 1.29 is 9.59 Å². The highest BCUT2D eigenvalue weighted by atomic mass is 32.1. The fourth-order valence-corrected chi connectivity index (χ4v) is 5.68. The van der Waals surface area contributed by atoms with Crippen molar-refractivity contribution in [3.63, 3.8) is 0 Å². The quantitative estimate of drug-likeness (QED) is 0.598. The van der Waals surface area contributed by atoms with Crippen LogP contribution in [0.15, 0.2) is 35.7 Å². The highest BCUT2D eigenvalue weighted by Gasteiger charge is 2.25. The van der Waals surface area contributed by atoms with E-state index in [1.807, 2.05) is 11.4 Å². The zero-order valence-electron chi connectivity index (χ0n) is 16.8. The molecule has 0 saturated carbocycles. The molecule has 2 aliphatic rings. The van der Waals surface area contributed by atoms with Crippen LogP contribution in [0.2, 0.25) is 0 Å². The Morgan fingerprint density at radius 2 is 2.06 bits per heavy atom. The Balaban J connectivity index is 1.18. The number of rotatable bonds is 6. The molecule has 2 N–H and O–H groups in total. The maximum Gasteiger partial charge on any atom is 0.323 e. The van der Waals surface area contributed by atoms with Gasteiger partial charge in [-0.05, 0) is 5.56 Å². The summed E-state index contributed by atoms with van der Waals surface area (Å²) < 4.78 is 0. The van der Waals surface area contributed by atoms with Crippen LogP contribution in [0.4, 0.5) is 15.1 Å². The zero-order valence-corrected chi connectivity index (χ0v) is 18.5.